The second-order valence-corrected chi connectivity index (χ2v) is 7.35. The molecule has 1 nitrogen and oxygen atoms in total. The molecule has 0 aliphatic heterocycles. The van der Waals surface area contributed by atoms with Crippen LogP contribution in [-0.2, 0) is 0 Å². The Balaban J connectivity index is 2.47. The highest BCUT2D eigenvalue weighted by molar-refractivity contribution is 14.1. The van der Waals surface area contributed by atoms with Gasteiger partial charge in [0.2, 0.25) is 5.78 Å². The van der Waals surface area contributed by atoms with Gasteiger partial charge in [0.05, 0.1) is 13.7 Å². The van der Waals surface area contributed by atoms with Crippen molar-refractivity contribution in [1.29, 1.82) is 0 Å². The summed E-state index contributed by atoms with van der Waals surface area (Å²) in [5.74, 6) is 0.0238. The van der Waals surface area contributed by atoms with Gasteiger partial charge in [0.1, 0.15) is 0 Å². The van der Waals surface area contributed by atoms with Crippen molar-refractivity contribution in [3.05, 3.63) is 52.6 Å². The predicted molar refractivity (Wildman–Crippen MR) is 84.4 cm³/mol. The van der Waals surface area contributed by atoms with E-state index in [1.54, 1.807) is 6.07 Å². The molecule has 0 radical (unpaired) electrons. The molecule has 0 unspecified atom stereocenters. The number of carbonyl (C=O) groups excluding carboxylic acids is 1. The maximum Gasteiger partial charge on any atom is 0.204 e. The molecule has 0 aliphatic carbocycles. The molecule has 0 atom stereocenters. The lowest BCUT2D eigenvalue weighted by molar-refractivity contribution is 0.104. The molecule has 1 aromatic heterocycles. The van der Waals surface area contributed by atoms with Crippen LogP contribution in [0.3, 0.4) is 0 Å². The van der Waals surface area contributed by atoms with E-state index in [2.05, 4.69) is 38.5 Å². The highest BCUT2D eigenvalue weighted by Crippen LogP contribution is 2.33. The number of halogens is 3. The lowest BCUT2D eigenvalue weighted by Crippen LogP contribution is -2.02. The van der Waals surface area contributed by atoms with E-state index in [0.29, 0.717) is 9.90 Å². The molecule has 0 spiro atoms. The lowest BCUT2D eigenvalue weighted by Gasteiger charge is -2.04. The standard InChI is InChI=1S/C12H7BrClIOS/c1-6-3-2-4-7(10(6)15)11(16)9-5-8(14)12(13)17-9/h2-5H,1H3. The molecule has 2 aromatic rings. The summed E-state index contributed by atoms with van der Waals surface area (Å²) in [6.45, 7) is 2.00. The van der Waals surface area contributed by atoms with Crippen molar-refractivity contribution in [2.24, 2.45) is 0 Å². The van der Waals surface area contributed by atoms with Crippen molar-refractivity contribution in [2.45, 2.75) is 6.92 Å². The molecule has 88 valence electrons. The van der Waals surface area contributed by atoms with E-state index in [9.17, 15) is 4.79 Å². The molecule has 1 heterocycles. The minimum atomic E-state index is 0.0238. The number of hydrogen-bond donors (Lipinski definition) is 0. The van der Waals surface area contributed by atoms with E-state index in [1.165, 1.54) is 11.3 Å². The van der Waals surface area contributed by atoms with Crippen LogP contribution in [0.4, 0.5) is 0 Å². The summed E-state index contributed by atoms with van der Waals surface area (Å²) in [7, 11) is 0. The SMILES string of the molecule is Cc1cccc(C(=O)c2cc(Cl)c(Br)s2)c1I. The zero-order chi connectivity index (χ0) is 12.6. The predicted octanol–water partition coefficient (Wildman–Crippen LogP) is 5.31. The van der Waals surface area contributed by atoms with E-state index in [4.69, 9.17) is 11.6 Å². The zero-order valence-corrected chi connectivity index (χ0v) is 14.1. The Morgan fingerprint density at radius 1 is 1.47 bits per heavy atom. The molecular formula is C12H7BrClIOS. The summed E-state index contributed by atoms with van der Waals surface area (Å²) >= 11 is 12.8. The molecule has 0 fully saturated rings. The second kappa shape index (κ2) is 5.38. The number of ketones is 1. The molecule has 0 amide bonds. The van der Waals surface area contributed by atoms with Gasteiger partial charge in [-0.2, -0.15) is 0 Å². The van der Waals surface area contributed by atoms with E-state index < -0.39 is 0 Å². The summed E-state index contributed by atoms with van der Waals surface area (Å²) in [5.41, 5.74) is 1.84. The topological polar surface area (TPSA) is 17.1 Å². The third-order valence-corrected chi connectivity index (χ3v) is 6.21. The highest BCUT2D eigenvalue weighted by Gasteiger charge is 2.17. The Hall–Kier alpha value is 0.0900. The first kappa shape index (κ1) is 13.5. The maximum atomic E-state index is 12.3. The highest BCUT2D eigenvalue weighted by atomic mass is 127. The van der Waals surface area contributed by atoms with Gasteiger partial charge in [-0.1, -0.05) is 23.7 Å². The summed E-state index contributed by atoms with van der Waals surface area (Å²) in [4.78, 5) is 13.0. The smallest absolute Gasteiger partial charge is 0.204 e. The average Bonchev–Trinajstić information content (AvgIpc) is 2.62. The van der Waals surface area contributed by atoms with Gasteiger partial charge in [-0.05, 0) is 63.1 Å². The van der Waals surface area contributed by atoms with Crippen molar-refractivity contribution in [3.63, 3.8) is 0 Å². The fourth-order valence-electron chi connectivity index (χ4n) is 1.41. The van der Waals surface area contributed by atoms with Gasteiger partial charge in [0.15, 0.2) is 0 Å². The second-order valence-electron chi connectivity index (χ2n) is 3.50. The number of rotatable bonds is 2. The molecule has 17 heavy (non-hydrogen) atoms. The molecule has 0 bridgehead atoms. The lowest BCUT2D eigenvalue weighted by atomic mass is 10.1. The molecule has 2 rings (SSSR count). The van der Waals surface area contributed by atoms with Gasteiger partial charge in [-0.15, -0.1) is 11.3 Å². The minimum Gasteiger partial charge on any atom is -0.288 e. The first-order valence-corrected chi connectivity index (χ1v) is 7.82. The Labute approximate surface area is 130 Å². The number of hydrogen-bond acceptors (Lipinski definition) is 2. The monoisotopic (exact) mass is 440 g/mol. The molecular weight excluding hydrogens is 434 g/mol. The van der Waals surface area contributed by atoms with Crippen LogP contribution < -0.4 is 0 Å². The number of thiophene rings is 1. The number of benzene rings is 1. The summed E-state index contributed by atoms with van der Waals surface area (Å²) < 4.78 is 1.79. The Kier molecular flexibility index (Phi) is 4.28. The minimum absolute atomic E-state index is 0.0238. The van der Waals surface area contributed by atoms with Crippen LogP contribution in [0.2, 0.25) is 5.02 Å². The molecule has 0 saturated carbocycles. The van der Waals surface area contributed by atoms with Crippen molar-refractivity contribution >= 4 is 67.2 Å². The van der Waals surface area contributed by atoms with Crippen LogP contribution in [0.15, 0.2) is 28.1 Å². The number of carbonyl (C=O) groups is 1. The number of aryl methyl sites for hydroxylation is 1. The van der Waals surface area contributed by atoms with Crippen molar-refractivity contribution in [3.8, 4) is 0 Å². The molecule has 1 aromatic carbocycles. The van der Waals surface area contributed by atoms with Crippen LogP contribution in [0.25, 0.3) is 0 Å². The molecule has 0 N–H and O–H groups in total. The molecule has 5 heteroatoms. The third kappa shape index (κ3) is 2.75. The average molecular weight is 442 g/mol. The molecule has 0 saturated heterocycles. The Morgan fingerprint density at radius 2 is 2.18 bits per heavy atom. The quantitative estimate of drug-likeness (QED) is 0.456. The van der Waals surface area contributed by atoms with Crippen LogP contribution >= 0.6 is 61.5 Å². The van der Waals surface area contributed by atoms with Gasteiger partial charge in [-0.3, -0.25) is 4.79 Å². The largest absolute Gasteiger partial charge is 0.288 e. The summed E-state index contributed by atoms with van der Waals surface area (Å²) in [6, 6.07) is 7.44. The van der Waals surface area contributed by atoms with E-state index >= 15 is 0 Å². The van der Waals surface area contributed by atoms with Crippen molar-refractivity contribution in [2.75, 3.05) is 0 Å². The fourth-order valence-corrected chi connectivity index (χ4v) is 3.67. The summed E-state index contributed by atoms with van der Waals surface area (Å²) in [6.07, 6.45) is 0. The zero-order valence-electron chi connectivity index (χ0n) is 8.76. The van der Waals surface area contributed by atoms with Gasteiger partial charge >= 0.3 is 0 Å². The normalized spacial score (nSPS) is 10.6. The van der Waals surface area contributed by atoms with Gasteiger partial charge in [0, 0.05) is 9.13 Å². The van der Waals surface area contributed by atoms with Gasteiger partial charge < -0.3 is 0 Å². The van der Waals surface area contributed by atoms with Crippen LogP contribution in [-0.4, -0.2) is 5.78 Å². The van der Waals surface area contributed by atoms with Crippen molar-refractivity contribution < 1.29 is 4.79 Å². The first-order chi connectivity index (χ1) is 8.00. The van der Waals surface area contributed by atoms with Crippen LogP contribution in [0.5, 0.6) is 0 Å². The van der Waals surface area contributed by atoms with E-state index in [-0.39, 0.29) is 5.78 Å². The Bertz CT molecular complexity index is 575. The van der Waals surface area contributed by atoms with E-state index in [1.807, 2.05) is 25.1 Å². The fraction of sp³-hybridized carbons (Fsp3) is 0.0833. The molecule has 0 aliphatic rings. The van der Waals surface area contributed by atoms with E-state index in [0.717, 1.165) is 18.5 Å². The van der Waals surface area contributed by atoms with Gasteiger partial charge in [-0.25, -0.2) is 0 Å². The maximum absolute atomic E-state index is 12.3. The Morgan fingerprint density at radius 3 is 2.76 bits per heavy atom. The summed E-state index contributed by atoms with van der Waals surface area (Å²) in [5, 5.41) is 0.584. The van der Waals surface area contributed by atoms with Crippen LogP contribution in [0.1, 0.15) is 20.8 Å². The third-order valence-electron chi connectivity index (χ3n) is 2.31. The van der Waals surface area contributed by atoms with Crippen molar-refractivity contribution in [1.82, 2.24) is 0 Å². The van der Waals surface area contributed by atoms with Crippen LogP contribution in [0, 0.1) is 10.5 Å². The first-order valence-electron chi connectivity index (χ1n) is 4.75. The van der Waals surface area contributed by atoms with Gasteiger partial charge in [0.25, 0.3) is 0 Å².